The number of aromatic nitrogens is 3. The van der Waals surface area contributed by atoms with Crippen LogP contribution in [0.2, 0.25) is 0 Å². The van der Waals surface area contributed by atoms with Crippen molar-refractivity contribution < 1.29 is 0 Å². The molecule has 1 aromatic heterocycles. The zero-order valence-electron chi connectivity index (χ0n) is 5.67. The van der Waals surface area contributed by atoms with Gasteiger partial charge in [0, 0.05) is 6.04 Å². The monoisotopic (exact) mass is 267 g/mol. The molecule has 0 unspecified atom stereocenters. The molecule has 0 aromatic carbocycles. The molecule has 0 aliphatic heterocycles. The minimum Gasteiger partial charge on any atom is -0.235 e. The molecule has 0 amide bonds. The molecule has 0 aliphatic rings. The lowest BCUT2D eigenvalue weighted by Crippen LogP contribution is -2.02. The summed E-state index contributed by atoms with van der Waals surface area (Å²) >= 11 is 6.58. The molecule has 0 spiro atoms. The van der Waals surface area contributed by atoms with Crippen LogP contribution < -0.4 is 0 Å². The van der Waals surface area contributed by atoms with Gasteiger partial charge in [-0.05, 0) is 45.7 Å². The molecule has 5 heteroatoms. The highest BCUT2D eigenvalue weighted by molar-refractivity contribution is 9.13. The molecule has 0 bridgehead atoms. The molecule has 0 atom stereocenters. The van der Waals surface area contributed by atoms with Crippen molar-refractivity contribution >= 4 is 31.9 Å². The number of hydrogen-bond donors (Lipinski definition) is 0. The zero-order chi connectivity index (χ0) is 7.72. The van der Waals surface area contributed by atoms with Crippen LogP contribution in [0.15, 0.2) is 9.21 Å². The van der Waals surface area contributed by atoms with Gasteiger partial charge in [0.1, 0.15) is 4.60 Å². The third-order valence-electron chi connectivity index (χ3n) is 1.09. The molecule has 0 fully saturated rings. The van der Waals surface area contributed by atoms with E-state index in [0.717, 1.165) is 9.21 Å². The van der Waals surface area contributed by atoms with E-state index in [4.69, 9.17) is 0 Å². The Bertz CT molecular complexity index is 231. The van der Waals surface area contributed by atoms with Crippen molar-refractivity contribution in [3.63, 3.8) is 0 Å². The average Bonchev–Trinajstić information content (AvgIpc) is 2.14. The molecular weight excluding hydrogens is 262 g/mol. The highest BCUT2D eigenvalue weighted by atomic mass is 79.9. The van der Waals surface area contributed by atoms with E-state index in [2.05, 4.69) is 42.2 Å². The van der Waals surface area contributed by atoms with Gasteiger partial charge in [-0.25, -0.2) is 4.68 Å². The standard InChI is InChI=1S/C5H7Br2N3/c1-3(2)10-5(7)4(6)8-9-10/h3H,1-2H3. The van der Waals surface area contributed by atoms with E-state index in [0.29, 0.717) is 6.04 Å². The SMILES string of the molecule is CC(C)n1nnc(Br)c1Br. The fourth-order valence-electron chi connectivity index (χ4n) is 0.592. The number of rotatable bonds is 1. The quantitative estimate of drug-likeness (QED) is 0.783. The first-order valence-corrected chi connectivity index (χ1v) is 4.47. The van der Waals surface area contributed by atoms with Gasteiger partial charge in [0.25, 0.3) is 0 Å². The Morgan fingerprint density at radius 2 is 2.00 bits per heavy atom. The van der Waals surface area contributed by atoms with Gasteiger partial charge in [-0.1, -0.05) is 5.21 Å². The smallest absolute Gasteiger partial charge is 0.162 e. The van der Waals surface area contributed by atoms with Crippen LogP contribution in [0.1, 0.15) is 19.9 Å². The summed E-state index contributed by atoms with van der Waals surface area (Å²) in [5.74, 6) is 0. The first-order chi connectivity index (χ1) is 4.63. The lowest BCUT2D eigenvalue weighted by Gasteiger charge is -2.03. The predicted molar refractivity (Wildman–Crippen MR) is 45.8 cm³/mol. The van der Waals surface area contributed by atoms with Crippen LogP contribution in [0.3, 0.4) is 0 Å². The molecule has 56 valence electrons. The molecule has 0 saturated carbocycles. The van der Waals surface area contributed by atoms with Crippen molar-refractivity contribution in [1.82, 2.24) is 15.0 Å². The fraction of sp³-hybridized carbons (Fsp3) is 0.600. The second-order valence-corrected chi connectivity index (χ2v) is 3.71. The summed E-state index contributed by atoms with van der Waals surface area (Å²) < 4.78 is 3.44. The Balaban J connectivity index is 3.05. The van der Waals surface area contributed by atoms with E-state index >= 15 is 0 Å². The summed E-state index contributed by atoms with van der Waals surface area (Å²) in [5.41, 5.74) is 0. The van der Waals surface area contributed by atoms with Gasteiger partial charge in [0.05, 0.1) is 0 Å². The third kappa shape index (κ3) is 1.40. The van der Waals surface area contributed by atoms with Gasteiger partial charge < -0.3 is 0 Å². The van der Waals surface area contributed by atoms with Crippen molar-refractivity contribution in [2.24, 2.45) is 0 Å². The van der Waals surface area contributed by atoms with Crippen molar-refractivity contribution in [3.05, 3.63) is 9.21 Å². The topological polar surface area (TPSA) is 30.7 Å². The predicted octanol–water partition coefficient (Wildman–Crippen LogP) is 2.38. The molecule has 0 aliphatic carbocycles. The van der Waals surface area contributed by atoms with Crippen LogP contribution in [0.4, 0.5) is 0 Å². The number of hydrogen-bond acceptors (Lipinski definition) is 2. The molecule has 10 heavy (non-hydrogen) atoms. The highest BCUT2D eigenvalue weighted by Crippen LogP contribution is 2.21. The lowest BCUT2D eigenvalue weighted by molar-refractivity contribution is 0.505. The van der Waals surface area contributed by atoms with Gasteiger partial charge >= 0.3 is 0 Å². The molecule has 1 aromatic rings. The van der Waals surface area contributed by atoms with Crippen molar-refractivity contribution in [2.75, 3.05) is 0 Å². The Hall–Kier alpha value is 0.1000. The van der Waals surface area contributed by atoms with Crippen LogP contribution in [0.25, 0.3) is 0 Å². The zero-order valence-corrected chi connectivity index (χ0v) is 8.85. The van der Waals surface area contributed by atoms with Crippen LogP contribution in [0.5, 0.6) is 0 Å². The van der Waals surface area contributed by atoms with Gasteiger partial charge in [-0.2, -0.15) is 0 Å². The summed E-state index contributed by atoms with van der Waals surface area (Å²) in [5, 5.41) is 7.71. The summed E-state index contributed by atoms with van der Waals surface area (Å²) in [4.78, 5) is 0. The summed E-state index contributed by atoms with van der Waals surface area (Å²) in [6, 6.07) is 0.341. The Morgan fingerprint density at radius 3 is 2.20 bits per heavy atom. The average molecular weight is 269 g/mol. The normalized spacial score (nSPS) is 10.9. The van der Waals surface area contributed by atoms with Crippen LogP contribution in [-0.2, 0) is 0 Å². The van der Waals surface area contributed by atoms with Crippen LogP contribution >= 0.6 is 31.9 Å². The van der Waals surface area contributed by atoms with E-state index in [9.17, 15) is 0 Å². The first-order valence-electron chi connectivity index (χ1n) is 2.89. The van der Waals surface area contributed by atoms with E-state index in [1.165, 1.54) is 0 Å². The maximum Gasteiger partial charge on any atom is 0.162 e. The second-order valence-electron chi connectivity index (χ2n) is 2.21. The molecule has 3 nitrogen and oxygen atoms in total. The fourth-order valence-corrected chi connectivity index (χ4v) is 1.40. The Labute approximate surface area is 76.1 Å². The van der Waals surface area contributed by atoms with Gasteiger partial charge in [-0.15, -0.1) is 5.10 Å². The third-order valence-corrected chi connectivity index (χ3v) is 2.89. The Morgan fingerprint density at radius 1 is 1.40 bits per heavy atom. The summed E-state index contributed by atoms with van der Waals surface area (Å²) in [6.45, 7) is 4.10. The van der Waals surface area contributed by atoms with Crippen LogP contribution in [-0.4, -0.2) is 15.0 Å². The van der Waals surface area contributed by atoms with Crippen molar-refractivity contribution in [1.29, 1.82) is 0 Å². The van der Waals surface area contributed by atoms with Gasteiger partial charge in [-0.3, -0.25) is 0 Å². The van der Waals surface area contributed by atoms with Crippen LogP contribution in [0, 0.1) is 0 Å². The van der Waals surface area contributed by atoms with E-state index in [1.54, 1.807) is 4.68 Å². The van der Waals surface area contributed by atoms with Crippen molar-refractivity contribution in [3.8, 4) is 0 Å². The maximum absolute atomic E-state index is 3.89. The molecule has 0 radical (unpaired) electrons. The van der Waals surface area contributed by atoms with E-state index in [-0.39, 0.29) is 0 Å². The van der Waals surface area contributed by atoms with Gasteiger partial charge in [0.2, 0.25) is 0 Å². The highest BCUT2D eigenvalue weighted by Gasteiger charge is 2.08. The molecule has 0 N–H and O–H groups in total. The van der Waals surface area contributed by atoms with E-state index < -0.39 is 0 Å². The number of nitrogens with zero attached hydrogens (tertiary/aromatic N) is 3. The maximum atomic E-state index is 3.89. The molecular formula is C5H7Br2N3. The summed E-state index contributed by atoms with van der Waals surface area (Å²) in [7, 11) is 0. The minimum absolute atomic E-state index is 0.341. The second kappa shape index (κ2) is 3.00. The largest absolute Gasteiger partial charge is 0.235 e. The molecule has 0 saturated heterocycles. The summed E-state index contributed by atoms with van der Waals surface area (Å²) in [6.07, 6.45) is 0. The molecule has 1 heterocycles. The number of halogens is 2. The van der Waals surface area contributed by atoms with Crippen molar-refractivity contribution in [2.45, 2.75) is 19.9 Å². The molecule has 1 rings (SSSR count). The minimum atomic E-state index is 0.341. The van der Waals surface area contributed by atoms with E-state index in [1.807, 2.05) is 13.8 Å². The Kier molecular flexibility index (Phi) is 2.46. The lowest BCUT2D eigenvalue weighted by atomic mass is 10.4. The van der Waals surface area contributed by atoms with Gasteiger partial charge in [0.15, 0.2) is 4.60 Å². The first kappa shape index (κ1) is 8.20.